The van der Waals surface area contributed by atoms with Crippen LogP contribution < -0.4 is 31.9 Å². The van der Waals surface area contributed by atoms with Crippen LogP contribution in [0.3, 0.4) is 0 Å². The van der Waals surface area contributed by atoms with Crippen molar-refractivity contribution in [1.29, 1.82) is 0 Å². The van der Waals surface area contributed by atoms with Gasteiger partial charge in [-0.15, -0.1) is 0 Å². The number of phenolic OH excluding ortho intramolecular Hbond substituents is 1. The SMILES string of the molecule is Cc1cc(-c2ccc(O)c(C[C@H](NC(=O)OC(C)(C)C)C(=O)N[C@@H](CCCNC(=O)OC(C)(C)C)C(=O)NCC(=O)O)c2)ccc1NC(=O)CNC(=O)OC(C)(C)C. The van der Waals surface area contributed by atoms with Gasteiger partial charge in [0, 0.05) is 18.7 Å². The molecular weight excluding hydrogens is 756 g/mol. The largest absolute Gasteiger partial charge is 0.508 e. The van der Waals surface area contributed by atoms with Crippen LogP contribution in [-0.4, -0.2) is 101 Å². The first kappa shape index (κ1) is 48.1. The molecular formula is C40H58N6O12. The summed E-state index contributed by atoms with van der Waals surface area (Å²) in [5, 5.41) is 35.0. The van der Waals surface area contributed by atoms with Gasteiger partial charge in [-0.3, -0.25) is 19.2 Å². The third kappa shape index (κ3) is 18.7. The highest BCUT2D eigenvalue weighted by molar-refractivity contribution is 5.95. The molecule has 8 N–H and O–H groups in total. The van der Waals surface area contributed by atoms with Crippen LogP contribution in [-0.2, 0) is 39.8 Å². The fourth-order valence-electron chi connectivity index (χ4n) is 5.09. The topological polar surface area (TPSA) is 260 Å². The van der Waals surface area contributed by atoms with Gasteiger partial charge in [-0.25, -0.2) is 14.4 Å². The third-order valence-corrected chi connectivity index (χ3v) is 7.52. The van der Waals surface area contributed by atoms with Gasteiger partial charge in [-0.05, 0) is 129 Å². The third-order valence-electron chi connectivity index (χ3n) is 7.52. The summed E-state index contributed by atoms with van der Waals surface area (Å²) in [5.41, 5.74) is 0.291. The van der Waals surface area contributed by atoms with Gasteiger partial charge in [0.2, 0.25) is 17.7 Å². The Morgan fingerprint density at radius 2 is 1.21 bits per heavy atom. The summed E-state index contributed by atoms with van der Waals surface area (Å²) in [6.07, 6.45) is -2.51. The summed E-state index contributed by atoms with van der Waals surface area (Å²) < 4.78 is 15.7. The number of hydrogen-bond acceptors (Lipinski definition) is 11. The number of hydrogen-bond donors (Lipinski definition) is 8. The molecule has 0 aromatic heterocycles. The van der Waals surface area contributed by atoms with Crippen LogP contribution in [0.1, 0.15) is 86.3 Å². The minimum absolute atomic E-state index is 0.0388. The van der Waals surface area contributed by atoms with Gasteiger partial charge in [0.05, 0.1) is 0 Å². The Morgan fingerprint density at radius 3 is 1.78 bits per heavy atom. The Bertz CT molecular complexity index is 1810. The Kier molecular flexibility index (Phi) is 17.3. The second kappa shape index (κ2) is 20.9. The van der Waals surface area contributed by atoms with Crippen LogP contribution in [0.15, 0.2) is 36.4 Å². The molecule has 18 heteroatoms. The van der Waals surface area contributed by atoms with E-state index >= 15 is 0 Å². The highest BCUT2D eigenvalue weighted by atomic mass is 16.6. The maximum Gasteiger partial charge on any atom is 0.408 e. The van der Waals surface area contributed by atoms with E-state index in [9.17, 15) is 38.7 Å². The van der Waals surface area contributed by atoms with Gasteiger partial charge < -0.3 is 56.3 Å². The molecule has 0 heterocycles. The summed E-state index contributed by atoms with van der Waals surface area (Å²) >= 11 is 0. The number of benzene rings is 2. The molecule has 0 bridgehead atoms. The molecule has 58 heavy (non-hydrogen) atoms. The number of anilines is 1. The van der Waals surface area contributed by atoms with Crippen molar-refractivity contribution >= 4 is 47.7 Å². The fraction of sp³-hybridized carbons (Fsp3) is 0.525. The molecule has 0 unspecified atom stereocenters. The lowest BCUT2D eigenvalue weighted by Crippen LogP contribution is -2.55. The van der Waals surface area contributed by atoms with Gasteiger partial charge >= 0.3 is 24.2 Å². The Balaban J connectivity index is 2.32. The van der Waals surface area contributed by atoms with Gasteiger partial charge in [0.25, 0.3) is 0 Å². The van der Waals surface area contributed by atoms with Crippen LogP contribution in [0.2, 0.25) is 0 Å². The number of aliphatic carboxylic acids is 1. The van der Waals surface area contributed by atoms with Crippen molar-refractivity contribution in [2.75, 3.05) is 25.0 Å². The summed E-state index contributed by atoms with van der Waals surface area (Å²) in [6, 6.07) is 7.16. The van der Waals surface area contributed by atoms with Crippen molar-refractivity contribution in [2.45, 2.75) is 117 Å². The zero-order valence-electron chi connectivity index (χ0n) is 34.8. The van der Waals surface area contributed by atoms with Gasteiger partial charge in [-0.2, -0.15) is 0 Å². The molecule has 2 aromatic rings. The highest BCUT2D eigenvalue weighted by Crippen LogP contribution is 2.30. The Hall–Kier alpha value is -6.07. The summed E-state index contributed by atoms with van der Waals surface area (Å²) in [7, 11) is 0. The first-order valence-corrected chi connectivity index (χ1v) is 18.7. The second-order valence-electron chi connectivity index (χ2n) is 16.4. The van der Waals surface area contributed by atoms with E-state index in [1.54, 1.807) is 99.6 Å². The first-order valence-electron chi connectivity index (χ1n) is 18.7. The molecule has 2 atom stereocenters. The minimum Gasteiger partial charge on any atom is -0.508 e. The van der Waals surface area contributed by atoms with E-state index in [0.29, 0.717) is 22.4 Å². The average Bonchev–Trinajstić information content (AvgIpc) is 3.06. The van der Waals surface area contributed by atoms with Crippen LogP contribution in [0.5, 0.6) is 5.75 Å². The molecule has 0 aliphatic rings. The molecule has 0 saturated carbocycles. The van der Waals surface area contributed by atoms with E-state index in [1.165, 1.54) is 6.07 Å². The number of carbonyl (C=O) groups excluding carboxylic acids is 6. The lowest BCUT2D eigenvalue weighted by molar-refractivity contribution is -0.138. The van der Waals surface area contributed by atoms with E-state index in [-0.39, 0.29) is 43.7 Å². The van der Waals surface area contributed by atoms with E-state index in [0.717, 1.165) is 0 Å². The molecule has 2 rings (SSSR count). The summed E-state index contributed by atoms with van der Waals surface area (Å²) in [6.45, 7) is 15.9. The number of aryl methyl sites for hydroxylation is 1. The maximum atomic E-state index is 13.9. The number of carboxylic acids is 1. The number of phenols is 1. The predicted octanol–water partition coefficient (Wildman–Crippen LogP) is 4.26. The van der Waals surface area contributed by atoms with Crippen molar-refractivity contribution in [1.82, 2.24) is 26.6 Å². The van der Waals surface area contributed by atoms with Crippen LogP contribution in [0, 0.1) is 6.92 Å². The molecule has 0 radical (unpaired) electrons. The smallest absolute Gasteiger partial charge is 0.408 e. The first-order chi connectivity index (χ1) is 26.7. The van der Waals surface area contributed by atoms with E-state index < -0.39 is 77.4 Å². The fourth-order valence-corrected chi connectivity index (χ4v) is 5.09. The number of ether oxygens (including phenoxy) is 3. The zero-order chi connectivity index (χ0) is 44.0. The lowest BCUT2D eigenvalue weighted by Gasteiger charge is -2.25. The normalized spacial score (nSPS) is 12.5. The quantitative estimate of drug-likeness (QED) is 0.0874. The van der Waals surface area contributed by atoms with Crippen molar-refractivity contribution in [3.8, 4) is 16.9 Å². The molecule has 320 valence electrons. The van der Waals surface area contributed by atoms with E-state index in [4.69, 9.17) is 19.3 Å². The number of amides is 6. The molecule has 0 spiro atoms. The molecule has 6 amide bonds. The van der Waals surface area contributed by atoms with Crippen molar-refractivity contribution in [3.63, 3.8) is 0 Å². The zero-order valence-corrected chi connectivity index (χ0v) is 34.8. The molecule has 2 aromatic carbocycles. The number of aromatic hydroxyl groups is 1. The summed E-state index contributed by atoms with van der Waals surface area (Å²) in [5.74, 6) is -3.65. The van der Waals surface area contributed by atoms with E-state index in [1.807, 2.05) is 0 Å². The van der Waals surface area contributed by atoms with Crippen molar-refractivity contribution in [2.24, 2.45) is 0 Å². The van der Waals surface area contributed by atoms with Gasteiger partial charge in [0.15, 0.2) is 0 Å². The molecule has 0 saturated heterocycles. The lowest BCUT2D eigenvalue weighted by atomic mass is 9.96. The Labute approximate surface area is 338 Å². The van der Waals surface area contributed by atoms with Crippen molar-refractivity contribution in [3.05, 3.63) is 47.5 Å². The number of carbonyl (C=O) groups is 7. The van der Waals surface area contributed by atoms with Gasteiger partial charge in [0.1, 0.15) is 47.7 Å². The van der Waals surface area contributed by atoms with Crippen LogP contribution in [0.25, 0.3) is 11.1 Å². The standard InChI is InChI=1S/C40H58N6O12/c1-23-18-24(13-15-27(23)44-31(48)21-43-36(54)57-39(5,6)7)25-14-16-30(47)26(19-25)20-29(46-37(55)58-40(8,9)10)34(52)45-28(33(51)42-22-32(49)50)12-11-17-41-35(53)56-38(2,3)4/h13-16,18-19,28-29,47H,11-12,17,20-22H2,1-10H3,(H,41,53)(H,42,51)(H,43,54)(H,44,48)(H,45,52)(H,46,55)(H,49,50)/t28-,29-/m0/s1. The minimum atomic E-state index is -1.40. The molecule has 0 aliphatic heterocycles. The molecule has 18 nitrogen and oxygen atoms in total. The number of alkyl carbamates (subject to hydrolysis) is 3. The van der Waals surface area contributed by atoms with Crippen LogP contribution in [0.4, 0.5) is 20.1 Å². The van der Waals surface area contributed by atoms with E-state index in [2.05, 4.69) is 31.9 Å². The average molecular weight is 815 g/mol. The number of rotatable bonds is 16. The van der Waals surface area contributed by atoms with Crippen LogP contribution >= 0.6 is 0 Å². The molecule has 0 fully saturated rings. The maximum absolute atomic E-state index is 13.9. The monoisotopic (exact) mass is 814 g/mol. The number of nitrogens with one attached hydrogen (secondary N) is 6. The predicted molar refractivity (Wildman–Crippen MR) is 214 cm³/mol. The van der Waals surface area contributed by atoms with Gasteiger partial charge in [-0.1, -0.05) is 12.1 Å². The second-order valence-corrected chi connectivity index (χ2v) is 16.4. The summed E-state index contributed by atoms with van der Waals surface area (Å²) in [4.78, 5) is 87.6. The molecule has 0 aliphatic carbocycles. The number of carboxylic acid groups (broad SMARTS) is 1. The van der Waals surface area contributed by atoms with Crippen molar-refractivity contribution < 1.29 is 58.0 Å². The highest BCUT2D eigenvalue weighted by Gasteiger charge is 2.30. The Morgan fingerprint density at radius 1 is 0.655 bits per heavy atom.